The Kier molecular flexibility index (Phi) is 4.48. The van der Waals surface area contributed by atoms with E-state index in [9.17, 15) is 4.79 Å². The predicted molar refractivity (Wildman–Crippen MR) is 96.1 cm³/mol. The molecule has 0 spiro atoms. The van der Waals surface area contributed by atoms with Gasteiger partial charge in [0.05, 0.1) is 36.6 Å². The van der Waals surface area contributed by atoms with Gasteiger partial charge in [0, 0.05) is 19.5 Å². The molecule has 4 rings (SSSR count). The SMILES string of the molecule is O=C(CCn1cnc2ccccc21)N1CCOC[C@@H]1c1ccccc1. The van der Waals surface area contributed by atoms with Crippen molar-refractivity contribution in [1.29, 1.82) is 0 Å². The fourth-order valence-corrected chi connectivity index (χ4v) is 3.40. The van der Waals surface area contributed by atoms with E-state index in [1.807, 2.05) is 58.3 Å². The normalized spacial score (nSPS) is 17.8. The number of fused-ring (bicyclic) bond motifs is 1. The Hall–Kier alpha value is -2.66. The third-order valence-electron chi connectivity index (χ3n) is 4.73. The number of imidazole rings is 1. The van der Waals surface area contributed by atoms with Crippen LogP contribution in [0.2, 0.25) is 0 Å². The number of rotatable bonds is 4. The van der Waals surface area contributed by atoms with Crippen LogP contribution in [0.3, 0.4) is 0 Å². The fourth-order valence-electron chi connectivity index (χ4n) is 3.40. The molecule has 0 saturated carbocycles. The fraction of sp³-hybridized carbons (Fsp3) is 0.300. The second-order valence-electron chi connectivity index (χ2n) is 6.27. The molecule has 1 aromatic heterocycles. The highest BCUT2D eigenvalue weighted by Gasteiger charge is 2.28. The van der Waals surface area contributed by atoms with Crippen molar-refractivity contribution in [3.05, 3.63) is 66.5 Å². The summed E-state index contributed by atoms with van der Waals surface area (Å²) in [4.78, 5) is 19.2. The van der Waals surface area contributed by atoms with Gasteiger partial charge in [0.1, 0.15) is 0 Å². The van der Waals surface area contributed by atoms with Gasteiger partial charge in [-0.3, -0.25) is 4.79 Å². The van der Waals surface area contributed by atoms with Crippen molar-refractivity contribution < 1.29 is 9.53 Å². The minimum absolute atomic E-state index is 0.00183. The monoisotopic (exact) mass is 335 g/mol. The predicted octanol–water partition coefficient (Wildman–Crippen LogP) is 3.03. The van der Waals surface area contributed by atoms with Gasteiger partial charge in [0.25, 0.3) is 0 Å². The van der Waals surface area contributed by atoms with E-state index in [-0.39, 0.29) is 11.9 Å². The summed E-state index contributed by atoms with van der Waals surface area (Å²) in [5.41, 5.74) is 3.16. The number of nitrogens with zero attached hydrogens (tertiary/aromatic N) is 3. The van der Waals surface area contributed by atoms with Gasteiger partial charge >= 0.3 is 0 Å². The number of hydrogen-bond acceptors (Lipinski definition) is 3. The van der Waals surface area contributed by atoms with Crippen LogP contribution in [0.15, 0.2) is 60.9 Å². The van der Waals surface area contributed by atoms with E-state index in [4.69, 9.17) is 4.74 Å². The molecule has 25 heavy (non-hydrogen) atoms. The maximum atomic E-state index is 12.8. The molecule has 5 nitrogen and oxygen atoms in total. The van der Waals surface area contributed by atoms with Crippen LogP contribution in [0, 0.1) is 0 Å². The first-order valence-electron chi connectivity index (χ1n) is 8.65. The molecule has 128 valence electrons. The number of para-hydroxylation sites is 2. The number of aryl methyl sites for hydroxylation is 1. The first-order chi connectivity index (χ1) is 12.3. The van der Waals surface area contributed by atoms with Gasteiger partial charge in [0.15, 0.2) is 0 Å². The van der Waals surface area contributed by atoms with E-state index < -0.39 is 0 Å². The first kappa shape index (κ1) is 15.8. The molecule has 1 amide bonds. The highest BCUT2D eigenvalue weighted by Crippen LogP contribution is 2.25. The smallest absolute Gasteiger partial charge is 0.225 e. The van der Waals surface area contributed by atoms with Gasteiger partial charge in [-0.05, 0) is 17.7 Å². The third kappa shape index (κ3) is 3.28. The van der Waals surface area contributed by atoms with Crippen LogP contribution in [-0.4, -0.2) is 40.1 Å². The second kappa shape index (κ2) is 7.07. The van der Waals surface area contributed by atoms with Crippen molar-refractivity contribution in [1.82, 2.24) is 14.5 Å². The lowest BCUT2D eigenvalue weighted by Crippen LogP contribution is -2.43. The summed E-state index contributed by atoms with van der Waals surface area (Å²) in [7, 11) is 0. The van der Waals surface area contributed by atoms with Crippen LogP contribution in [0.4, 0.5) is 0 Å². The first-order valence-corrected chi connectivity index (χ1v) is 8.65. The molecule has 0 bridgehead atoms. The summed E-state index contributed by atoms with van der Waals surface area (Å²) >= 11 is 0. The Morgan fingerprint density at radius 1 is 1.12 bits per heavy atom. The zero-order valence-electron chi connectivity index (χ0n) is 14.0. The Balaban J connectivity index is 1.47. The third-order valence-corrected chi connectivity index (χ3v) is 4.73. The summed E-state index contributed by atoms with van der Waals surface area (Å²) in [6.45, 7) is 2.44. The van der Waals surface area contributed by atoms with Gasteiger partial charge in [-0.25, -0.2) is 4.98 Å². The Bertz CT molecular complexity index is 860. The minimum atomic E-state index is 0.00183. The summed E-state index contributed by atoms with van der Waals surface area (Å²) < 4.78 is 7.66. The molecule has 1 aliphatic heterocycles. The molecule has 3 aromatic rings. The van der Waals surface area contributed by atoms with Crippen molar-refractivity contribution in [2.75, 3.05) is 19.8 Å². The molecular formula is C20H21N3O2. The highest BCUT2D eigenvalue weighted by atomic mass is 16.5. The number of carbonyl (C=O) groups is 1. The zero-order valence-corrected chi connectivity index (χ0v) is 14.0. The number of benzene rings is 2. The molecule has 0 unspecified atom stereocenters. The molecule has 2 heterocycles. The zero-order chi connectivity index (χ0) is 17.1. The lowest BCUT2D eigenvalue weighted by atomic mass is 10.0. The second-order valence-corrected chi connectivity index (χ2v) is 6.27. The molecule has 2 aromatic carbocycles. The number of ether oxygens (including phenoxy) is 1. The van der Waals surface area contributed by atoms with Crippen LogP contribution in [0.25, 0.3) is 11.0 Å². The van der Waals surface area contributed by atoms with Gasteiger partial charge in [-0.1, -0.05) is 42.5 Å². The van der Waals surface area contributed by atoms with Crippen LogP contribution >= 0.6 is 0 Å². The van der Waals surface area contributed by atoms with Crippen molar-refractivity contribution in [3.63, 3.8) is 0 Å². The average molecular weight is 335 g/mol. The number of carbonyl (C=O) groups excluding carboxylic acids is 1. The van der Waals surface area contributed by atoms with Crippen LogP contribution < -0.4 is 0 Å². The summed E-state index contributed by atoms with van der Waals surface area (Å²) in [6, 6.07) is 18.1. The lowest BCUT2D eigenvalue weighted by molar-refractivity contribution is -0.140. The highest BCUT2D eigenvalue weighted by molar-refractivity contribution is 5.78. The van der Waals surface area contributed by atoms with E-state index in [1.165, 1.54) is 0 Å². The largest absolute Gasteiger partial charge is 0.377 e. The molecule has 1 aliphatic rings. The van der Waals surface area contributed by atoms with Crippen molar-refractivity contribution in [2.24, 2.45) is 0 Å². The van der Waals surface area contributed by atoms with E-state index in [0.717, 1.165) is 16.6 Å². The van der Waals surface area contributed by atoms with E-state index in [0.29, 0.717) is 32.7 Å². The van der Waals surface area contributed by atoms with Gasteiger partial charge in [-0.15, -0.1) is 0 Å². The molecule has 1 saturated heterocycles. The van der Waals surface area contributed by atoms with Crippen LogP contribution in [0.1, 0.15) is 18.0 Å². The molecule has 0 radical (unpaired) electrons. The Morgan fingerprint density at radius 2 is 1.92 bits per heavy atom. The van der Waals surface area contributed by atoms with E-state index in [1.54, 1.807) is 0 Å². The lowest BCUT2D eigenvalue weighted by Gasteiger charge is -2.36. The number of amides is 1. The van der Waals surface area contributed by atoms with E-state index in [2.05, 4.69) is 17.1 Å². The molecule has 0 aliphatic carbocycles. The Labute approximate surface area is 146 Å². The number of morpholine rings is 1. The molecular weight excluding hydrogens is 314 g/mol. The average Bonchev–Trinajstić information content (AvgIpc) is 3.10. The molecule has 1 atom stereocenters. The van der Waals surface area contributed by atoms with Crippen molar-refractivity contribution >= 4 is 16.9 Å². The number of aromatic nitrogens is 2. The molecule has 5 heteroatoms. The quantitative estimate of drug-likeness (QED) is 0.736. The molecule has 1 fully saturated rings. The topological polar surface area (TPSA) is 47.4 Å². The standard InChI is InChI=1S/C20H21N3O2/c24-20(10-11-22-15-21-17-8-4-5-9-18(17)22)23-12-13-25-14-19(23)16-6-2-1-3-7-16/h1-9,15,19H,10-14H2/t19-/m1/s1. The van der Waals surface area contributed by atoms with Gasteiger partial charge in [-0.2, -0.15) is 0 Å². The van der Waals surface area contributed by atoms with Crippen molar-refractivity contribution in [2.45, 2.75) is 19.0 Å². The molecule has 0 N–H and O–H groups in total. The number of hydrogen-bond donors (Lipinski definition) is 0. The summed E-state index contributed by atoms with van der Waals surface area (Å²) in [5, 5.41) is 0. The van der Waals surface area contributed by atoms with Gasteiger partial charge in [0.2, 0.25) is 5.91 Å². The summed E-state index contributed by atoms with van der Waals surface area (Å²) in [5.74, 6) is 0.162. The summed E-state index contributed by atoms with van der Waals surface area (Å²) in [6.07, 6.45) is 2.27. The van der Waals surface area contributed by atoms with Crippen LogP contribution in [0.5, 0.6) is 0 Å². The van der Waals surface area contributed by atoms with E-state index >= 15 is 0 Å². The maximum Gasteiger partial charge on any atom is 0.225 e. The maximum absolute atomic E-state index is 12.8. The van der Waals surface area contributed by atoms with Crippen molar-refractivity contribution in [3.8, 4) is 0 Å². The van der Waals surface area contributed by atoms with Crippen LogP contribution in [-0.2, 0) is 16.1 Å². The van der Waals surface area contributed by atoms with Gasteiger partial charge < -0.3 is 14.2 Å². The minimum Gasteiger partial charge on any atom is -0.377 e. The Morgan fingerprint density at radius 3 is 2.80 bits per heavy atom.